The Hall–Kier alpha value is -0.830. The van der Waals surface area contributed by atoms with Gasteiger partial charge in [-0.3, -0.25) is 4.57 Å². The van der Waals surface area contributed by atoms with Crippen LogP contribution < -0.4 is 4.74 Å². The van der Waals surface area contributed by atoms with Crippen LogP contribution in [-0.2, 0) is 17.4 Å². The Kier molecular flexibility index (Phi) is 8.90. The number of benzene rings is 1. The molecule has 0 radical (unpaired) electrons. The molecule has 0 saturated heterocycles. The minimum atomic E-state index is -4.26. The topological polar surface area (TPSA) is 66.8 Å². The van der Waals surface area contributed by atoms with Crippen LogP contribution in [-0.4, -0.2) is 15.6 Å². The SMILES string of the molecule is CCCCc1ccc(OC(CCC)P(=O)(O)O)c(CCCC)c1. The van der Waals surface area contributed by atoms with E-state index in [0.717, 1.165) is 44.1 Å². The summed E-state index contributed by atoms with van der Waals surface area (Å²) in [5.41, 5.74) is 2.34. The third-order valence-electron chi connectivity index (χ3n) is 3.92. The van der Waals surface area contributed by atoms with Crippen molar-refractivity contribution < 1.29 is 19.1 Å². The lowest BCUT2D eigenvalue weighted by atomic mass is 10.0. The molecule has 1 aromatic rings. The van der Waals surface area contributed by atoms with Crippen molar-refractivity contribution in [2.24, 2.45) is 0 Å². The number of hydrogen-bond donors (Lipinski definition) is 2. The summed E-state index contributed by atoms with van der Waals surface area (Å²) in [5.74, 6) is -0.421. The van der Waals surface area contributed by atoms with Gasteiger partial charge < -0.3 is 14.5 Å². The molecule has 4 nitrogen and oxygen atoms in total. The monoisotopic (exact) mass is 342 g/mol. The normalized spacial score (nSPS) is 13.1. The van der Waals surface area contributed by atoms with Crippen molar-refractivity contribution in [3.05, 3.63) is 29.3 Å². The van der Waals surface area contributed by atoms with Gasteiger partial charge in [-0.25, -0.2) is 0 Å². The Morgan fingerprint density at radius 3 is 2.26 bits per heavy atom. The van der Waals surface area contributed by atoms with Crippen molar-refractivity contribution in [1.82, 2.24) is 0 Å². The molecule has 0 amide bonds. The van der Waals surface area contributed by atoms with Gasteiger partial charge in [0, 0.05) is 0 Å². The van der Waals surface area contributed by atoms with Crippen molar-refractivity contribution in [2.75, 3.05) is 0 Å². The van der Waals surface area contributed by atoms with E-state index in [9.17, 15) is 14.4 Å². The largest absolute Gasteiger partial charge is 0.478 e. The van der Waals surface area contributed by atoms with Crippen LogP contribution in [0, 0.1) is 0 Å². The van der Waals surface area contributed by atoms with Crippen molar-refractivity contribution in [3.63, 3.8) is 0 Å². The predicted molar refractivity (Wildman–Crippen MR) is 95.0 cm³/mol. The highest BCUT2D eigenvalue weighted by Crippen LogP contribution is 2.45. The highest BCUT2D eigenvalue weighted by Gasteiger charge is 2.30. The first-order chi connectivity index (χ1) is 10.9. The van der Waals surface area contributed by atoms with Crippen LogP contribution in [0.1, 0.15) is 70.4 Å². The second-order valence-electron chi connectivity index (χ2n) is 6.10. The van der Waals surface area contributed by atoms with E-state index in [-0.39, 0.29) is 0 Å². The zero-order valence-electron chi connectivity index (χ0n) is 14.6. The molecule has 0 saturated carbocycles. The smallest absolute Gasteiger partial charge is 0.365 e. The molecule has 0 heterocycles. The van der Waals surface area contributed by atoms with Crippen molar-refractivity contribution >= 4 is 7.60 Å². The lowest BCUT2D eigenvalue weighted by molar-refractivity contribution is 0.212. The summed E-state index contributed by atoms with van der Waals surface area (Å²) in [4.78, 5) is 19.0. The minimum Gasteiger partial charge on any atom is -0.478 e. The van der Waals surface area contributed by atoms with Gasteiger partial charge in [0.05, 0.1) is 0 Å². The number of aryl methyl sites for hydroxylation is 2. The van der Waals surface area contributed by atoms with Gasteiger partial charge in [-0.05, 0) is 49.3 Å². The van der Waals surface area contributed by atoms with Gasteiger partial charge in [0.15, 0.2) is 5.85 Å². The number of unbranched alkanes of at least 4 members (excludes halogenated alkanes) is 2. The number of rotatable bonds is 11. The molecule has 132 valence electrons. The maximum Gasteiger partial charge on any atom is 0.365 e. The predicted octanol–water partition coefficient (Wildman–Crippen LogP) is 5.05. The molecule has 1 rings (SSSR count). The molecule has 0 spiro atoms. The second-order valence-corrected chi connectivity index (χ2v) is 7.85. The lowest BCUT2D eigenvalue weighted by Crippen LogP contribution is -2.17. The fourth-order valence-corrected chi connectivity index (χ4v) is 3.38. The van der Waals surface area contributed by atoms with Crippen molar-refractivity contribution in [3.8, 4) is 5.75 Å². The summed E-state index contributed by atoms with van der Waals surface area (Å²) in [5, 5.41) is 0. The molecule has 2 N–H and O–H groups in total. The van der Waals surface area contributed by atoms with Gasteiger partial charge in [-0.1, -0.05) is 52.2 Å². The van der Waals surface area contributed by atoms with Crippen LogP contribution in [0.3, 0.4) is 0 Å². The van der Waals surface area contributed by atoms with Crippen LogP contribution in [0.5, 0.6) is 5.75 Å². The first-order valence-electron chi connectivity index (χ1n) is 8.76. The van der Waals surface area contributed by atoms with E-state index in [4.69, 9.17) is 4.74 Å². The Labute approximate surface area is 140 Å². The van der Waals surface area contributed by atoms with Gasteiger partial charge in [-0.15, -0.1) is 0 Å². The van der Waals surface area contributed by atoms with Crippen LogP contribution in [0.15, 0.2) is 18.2 Å². The van der Waals surface area contributed by atoms with Crippen LogP contribution in [0.2, 0.25) is 0 Å². The Morgan fingerprint density at radius 1 is 1.04 bits per heavy atom. The average molecular weight is 342 g/mol. The lowest BCUT2D eigenvalue weighted by Gasteiger charge is -2.22. The summed E-state index contributed by atoms with van der Waals surface area (Å²) >= 11 is 0. The van der Waals surface area contributed by atoms with E-state index in [1.807, 2.05) is 19.1 Å². The molecular formula is C18H31O4P. The summed E-state index contributed by atoms with van der Waals surface area (Å²) in [7, 11) is -4.26. The van der Waals surface area contributed by atoms with E-state index < -0.39 is 13.4 Å². The minimum absolute atomic E-state index is 0.356. The van der Waals surface area contributed by atoms with Crippen molar-refractivity contribution in [2.45, 2.75) is 78.0 Å². The third kappa shape index (κ3) is 7.07. The number of ether oxygens (including phenoxy) is 1. The molecule has 1 unspecified atom stereocenters. The molecule has 0 fully saturated rings. The summed E-state index contributed by atoms with van der Waals surface area (Å²) in [6, 6.07) is 6.04. The van der Waals surface area contributed by atoms with Crippen LogP contribution in [0.4, 0.5) is 0 Å². The molecule has 1 atom stereocenters. The molecular weight excluding hydrogens is 311 g/mol. The van der Waals surface area contributed by atoms with Gasteiger partial charge in [-0.2, -0.15) is 0 Å². The molecule has 1 aromatic carbocycles. The Balaban J connectivity index is 2.99. The second kappa shape index (κ2) is 10.1. The van der Waals surface area contributed by atoms with Crippen LogP contribution >= 0.6 is 7.60 Å². The third-order valence-corrected chi connectivity index (χ3v) is 5.03. The maximum atomic E-state index is 11.6. The Morgan fingerprint density at radius 2 is 1.70 bits per heavy atom. The summed E-state index contributed by atoms with van der Waals surface area (Å²) in [6.07, 6.45) is 7.37. The van der Waals surface area contributed by atoms with E-state index in [0.29, 0.717) is 18.6 Å². The van der Waals surface area contributed by atoms with Gasteiger partial charge in [0.25, 0.3) is 0 Å². The zero-order chi connectivity index (χ0) is 17.3. The first-order valence-corrected chi connectivity index (χ1v) is 10.4. The van der Waals surface area contributed by atoms with Crippen LogP contribution in [0.25, 0.3) is 0 Å². The fraction of sp³-hybridized carbons (Fsp3) is 0.667. The van der Waals surface area contributed by atoms with Gasteiger partial charge >= 0.3 is 7.60 Å². The molecule has 0 aliphatic carbocycles. The highest BCUT2D eigenvalue weighted by molar-refractivity contribution is 7.52. The Bertz CT molecular complexity index is 510. The molecule has 23 heavy (non-hydrogen) atoms. The van der Waals surface area contributed by atoms with E-state index in [1.54, 1.807) is 0 Å². The molecule has 0 aliphatic heterocycles. The van der Waals surface area contributed by atoms with Crippen molar-refractivity contribution in [1.29, 1.82) is 0 Å². The summed E-state index contributed by atoms with van der Waals surface area (Å²) in [6.45, 7) is 6.21. The quantitative estimate of drug-likeness (QED) is 0.552. The molecule has 5 heteroatoms. The summed E-state index contributed by atoms with van der Waals surface area (Å²) < 4.78 is 17.4. The van der Waals surface area contributed by atoms with Gasteiger partial charge in [0.1, 0.15) is 5.75 Å². The standard InChI is InChI=1S/C18H31O4P/c1-4-7-10-15-12-13-17(16(14-15)11-8-5-2)22-18(9-6-3)23(19,20)21/h12-14,18H,4-11H2,1-3H3,(H2,19,20,21). The highest BCUT2D eigenvalue weighted by atomic mass is 31.2. The molecule has 0 bridgehead atoms. The van der Waals surface area contributed by atoms with Gasteiger partial charge in [0.2, 0.25) is 0 Å². The number of hydrogen-bond acceptors (Lipinski definition) is 2. The average Bonchev–Trinajstić information content (AvgIpc) is 2.50. The van der Waals surface area contributed by atoms with E-state index in [1.165, 1.54) is 5.56 Å². The zero-order valence-corrected chi connectivity index (χ0v) is 15.5. The molecule has 0 aromatic heterocycles. The van der Waals surface area contributed by atoms with E-state index in [2.05, 4.69) is 19.9 Å². The molecule has 0 aliphatic rings. The maximum absolute atomic E-state index is 11.6. The van der Waals surface area contributed by atoms with E-state index >= 15 is 0 Å². The fourth-order valence-electron chi connectivity index (χ4n) is 2.54. The first kappa shape index (κ1) is 20.2.